The number of aliphatic imine (C=N–C) groups is 1. The Kier molecular flexibility index (Phi) is 7.98. The third-order valence-corrected chi connectivity index (χ3v) is 4.83. The third kappa shape index (κ3) is 5.90. The lowest BCUT2D eigenvalue weighted by molar-refractivity contribution is -0.0605. The molecule has 3 rings (SSSR count). The van der Waals surface area contributed by atoms with E-state index in [-0.39, 0.29) is 18.0 Å². The predicted octanol–water partition coefficient (Wildman–Crippen LogP) is 2.78. The van der Waals surface area contributed by atoms with Crippen LogP contribution in [0.2, 0.25) is 0 Å². The van der Waals surface area contributed by atoms with E-state index in [1.54, 1.807) is 32.5 Å². The van der Waals surface area contributed by atoms with Crippen LogP contribution in [0.3, 0.4) is 0 Å². The van der Waals surface area contributed by atoms with Crippen LogP contribution in [0, 0.1) is 5.82 Å². The number of ether oxygens (including phenoxy) is 3. The second kappa shape index (κ2) is 10.9. The molecule has 2 aromatic rings. The van der Waals surface area contributed by atoms with Gasteiger partial charge in [0, 0.05) is 39.0 Å². The molecule has 0 bridgehead atoms. The molecule has 0 saturated carbocycles. The van der Waals surface area contributed by atoms with Gasteiger partial charge in [-0.05, 0) is 30.7 Å². The van der Waals surface area contributed by atoms with Gasteiger partial charge in [0.25, 0.3) is 0 Å². The number of guanidine groups is 1. The van der Waals surface area contributed by atoms with Gasteiger partial charge in [-0.3, -0.25) is 4.99 Å². The van der Waals surface area contributed by atoms with Crippen molar-refractivity contribution in [2.75, 3.05) is 40.5 Å². The minimum absolute atomic E-state index is 0.0127. The van der Waals surface area contributed by atoms with Crippen LogP contribution in [0.15, 0.2) is 47.6 Å². The van der Waals surface area contributed by atoms with E-state index in [9.17, 15) is 4.39 Å². The maximum absolute atomic E-state index is 13.3. The lowest BCUT2D eigenvalue weighted by atomic mass is 10.1. The fourth-order valence-electron chi connectivity index (χ4n) is 3.40. The van der Waals surface area contributed by atoms with Gasteiger partial charge in [-0.15, -0.1) is 0 Å². The molecule has 7 nitrogen and oxygen atoms in total. The number of morpholine rings is 1. The first-order chi connectivity index (χ1) is 14.6. The maximum Gasteiger partial charge on any atom is 0.218 e. The van der Waals surface area contributed by atoms with Crippen molar-refractivity contribution < 1.29 is 18.6 Å². The first-order valence-corrected chi connectivity index (χ1v) is 10.0. The van der Waals surface area contributed by atoms with Gasteiger partial charge < -0.3 is 24.4 Å². The van der Waals surface area contributed by atoms with Crippen molar-refractivity contribution in [3.63, 3.8) is 0 Å². The van der Waals surface area contributed by atoms with Gasteiger partial charge in [0.1, 0.15) is 18.5 Å². The fourth-order valence-corrected chi connectivity index (χ4v) is 3.40. The Bertz CT molecular complexity index is 831. The van der Waals surface area contributed by atoms with Crippen molar-refractivity contribution in [1.82, 2.24) is 15.2 Å². The summed E-state index contributed by atoms with van der Waals surface area (Å²) in [5, 5.41) is 3.40. The smallest absolute Gasteiger partial charge is 0.218 e. The number of benzene rings is 1. The SMILES string of the molecule is CN=C(NCc1cccnc1OCCOC)N1CC(C)OC(c2ccc(F)cc2)C1. The van der Waals surface area contributed by atoms with Crippen LogP contribution in [-0.2, 0) is 16.0 Å². The van der Waals surface area contributed by atoms with Crippen LogP contribution in [0.4, 0.5) is 4.39 Å². The van der Waals surface area contributed by atoms with Gasteiger partial charge in [-0.25, -0.2) is 9.37 Å². The molecule has 8 heteroatoms. The molecule has 2 unspecified atom stereocenters. The van der Waals surface area contributed by atoms with Crippen molar-refractivity contribution in [1.29, 1.82) is 0 Å². The summed E-state index contributed by atoms with van der Waals surface area (Å²) in [6, 6.07) is 10.3. The molecule has 1 saturated heterocycles. The molecule has 30 heavy (non-hydrogen) atoms. The van der Waals surface area contributed by atoms with Crippen LogP contribution in [0.25, 0.3) is 0 Å². The van der Waals surface area contributed by atoms with E-state index >= 15 is 0 Å². The van der Waals surface area contributed by atoms with Gasteiger partial charge in [0.2, 0.25) is 5.88 Å². The van der Waals surface area contributed by atoms with E-state index < -0.39 is 0 Å². The van der Waals surface area contributed by atoms with Gasteiger partial charge in [-0.2, -0.15) is 0 Å². The van der Waals surface area contributed by atoms with Crippen LogP contribution in [0.5, 0.6) is 5.88 Å². The molecule has 0 amide bonds. The number of halogens is 1. The van der Waals surface area contributed by atoms with E-state index in [2.05, 4.69) is 20.2 Å². The van der Waals surface area contributed by atoms with E-state index in [4.69, 9.17) is 14.2 Å². The Hall–Kier alpha value is -2.71. The highest BCUT2D eigenvalue weighted by atomic mass is 19.1. The maximum atomic E-state index is 13.3. The molecular formula is C22H29FN4O3. The summed E-state index contributed by atoms with van der Waals surface area (Å²) in [5.74, 6) is 1.10. The lowest BCUT2D eigenvalue weighted by Gasteiger charge is -2.38. The minimum atomic E-state index is -0.253. The number of rotatable bonds is 7. The number of hydrogen-bond donors (Lipinski definition) is 1. The summed E-state index contributed by atoms with van der Waals surface area (Å²) in [4.78, 5) is 10.9. The number of pyridine rings is 1. The van der Waals surface area contributed by atoms with Crippen LogP contribution >= 0.6 is 0 Å². The zero-order valence-corrected chi connectivity index (χ0v) is 17.7. The lowest BCUT2D eigenvalue weighted by Crippen LogP contribution is -2.50. The average molecular weight is 416 g/mol. The molecule has 1 fully saturated rings. The molecular weight excluding hydrogens is 387 g/mol. The highest BCUT2D eigenvalue weighted by Gasteiger charge is 2.28. The topological polar surface area (TPSA) is 68.2 Å². The summed E-state index contributed by atoms with van der Waals surface area (Å²) < 4.78 is 30.1. The number of nitrogens with one attached hydrogen (secondary N) is 1. The van der Waals surface area contributed by atoms with Gasteiger partial charge in [0.05, 0.1) is 19.3 Å². The first-order valence-electron chi connectivity index (χ1n) is 10.0. The summed E-state index contributed by atoms with van der Waals surface area (Å²) in [6.45, 7) is 4.83. The van der Waals surface area contributed by atoms with Gasteiger partial charge in [-0.1, -0.05) is 18.2 Å². The second-order valence-electron chi connectivity index (χ2n) is 7.10. The van der Waals surface area contributed by atoms with Crippen molar-refractivity contribution in [2.45, 2.75) is 25.7 Å². The molecule has 0 aliphatic carbocycles. The van der Waals surface area contributed by atoms with Crippen molar-refractivity contribution in [2.24, 2.45) is 4.99 Å². The standard InChI is InChI=1S/C22H29FN4O3/c1-16-14-27(15-20(30-16)17-6-8-19(23)9-7-17)22(24-2)26-13-18-5-4-10-25-21(18)29-12-11-28-3/h4-10,16,20H,11-15H2,1-3H3,(H,24,26). The predicted molar refractivity (Wildman–Crippen MR) is 113 cm³/mol. The Balaban J connectivity index is 1.65. The molecule has 2 heterocycles. The summed E-state index contributed by atoms with van der Waals surface area (Å²) in [7, 11) is 3.39. The summed E-state index contributed by atoms with van der Waals surface area (Å²) in [5.41, 5.74) is 1.88. The highest BCUT2D eigenvalue weighted by Crippen LogP contribution is 2.25. The number of hydrogen-bond acceptors (Lipinski definition) is 5. The largest absolute Gasteiger partial charge is 0.475 e. The van der Waals surface area contributed by atoms with E-state index in [0.717, 1.165) is 17.1 Å². The Morgan fingerprint density at radius 3 is 2.80 bits per heavy atom. The van der Waals surface area contributed by atoms with Crippen LogP contribution in [-0.4, -0.2) is 62.4 Å². The van der Waals surface area contributed by atoms with Crippen molar-refractivity contribution in [3.8, 4) is 5.88 Å². The summed E-state index contributed by atoms with van der Waals surface area (Å²) in [6.07, 6.45) is 1.56. The van der Waals surface area contributed by atoms with Gasteiger partial charge in [0.15, 0.2) is 5.96 Å². The molecule has 1 N–H and O–H groups in total. The van der Waals surface area contributed by atoms with Crippen molar-refractivity contribution in [3.05, 3.63) is 59.5 Å². The zero-order valence-electron chi connectivity index (χ0n) is 17.7. The zero-order chi connectivity index (χ0) is 21.3. The number of aromatic nitrogens is 1. The quantitative estimate of drug-likeness (QED) is 0.425. The van der Waals surface area contributed by atoms with Crippen LogP contribution < -0.4 is 10.1 Å². The second-order valence-corrected chi connectivity index (χ2v) is 7.10. The molecule has 162 valence electrons. The normalized spacial score (nSPS) is 19.6. The van der Waals surface area contributed by atoms with Gasteiger partial charge >= 0.3 is 0 Å². The molecule has 0 spiro atoms. The molecule has 1 aliphatic rings. The van der Waals surface area contributed by atoms with Crippen LogP contribution in [0.1, 0.15) is 24.2 Å². The Morgan fingerprint density at radius 1 is 1.27 bits per heavy atom. The molecule has 1 aromatic heterocycles. The van der Waals surface area contributed by atoms with E-state index in [1.165, 1.54) is 12.1 Å². The third-order valence-electron chi connectivity index (χ3n) is 4.83. The minimum Gasteiger partial charge on any atom is -0.475 e. The molecule has 1 aliphatic heterocycles. The highest BCUT2D eigenvalue weighted by molar-refractivity contribution is 5.80. The Labute approximate surface area is 176 Å². The van der Waals surface area contributed by atoms with E-state index in [0.29, 0.717) is 38.7 Å². The summed E-state index contributed by atoms with van der Waals surface area (Å²) >= 11 is 0. The Morgan fingerprint density at radius 2 is 2.07 bits per heavy atom. The molecule has 2 atom stereocenters. The average Bonchev–Trinajstić information content (AvgIpc) is 2.75. The number of nitrogens with zero attached hydrogens (tertiary/aromatic N) is 3. The van der Waals surface area contributed by atoms with E-state index in [1.807, 2.05) is 19.1 Å². The number of methoxy groups -OCH3 is 1. The molecule has 1 aromatic carbocycles. The van der Waals surface area contributed by atoms with Crippen molar-refractivity contribution >= 4 is 5.96 Å². The first kappa shape index (κ1) is 22.0. The fraction of sp³-hybridized carbons (Fsp3) is 0.455. The monoisotopic (exact) mass is 416 g/mol. The molecule has 0 radical (unpaired) electrons.